The van der Waals surface area contributed by atoms with Crippen molar-refractivity contribution in [3.8, 4) is 11.5 Å². The lowest BCUT2D eigenvalue weighted by molar-refractivity contribution is 0.0953. The van der Waals surface area contributed by atoms with Gasteiger partial charge in [-0.1, -0.05) is 36.4 Å². The summed E-state index contributed by atoms with van der Waals surface area (Å²) in [6.07, 6.45) is 0.875. The lowest BCUT2D eigenvalue weighted by Crippen LogP contribution is -2.25. The van der Waals surface area contributed by atoms with Crippen molar-refractivity contribution in [3.63, 3.8) is 0 Å². The van der Waals surface area contributed by atoms with Crippen molar-refractivity contribution in [2.75, 3.05) is 6.54 Å². The van der Waals surface area contributed by atoms with Crippen molar-refractivity contribution >= 4 is 16.8 Å². The molecule has 4 heteroatoms. The fraction of sp³-hybridized carbons (Fsp3) is 0.160. The number of nitrogens with one attached hydrogen (secondary N) is 1. The minimum absolute atomic E-state index is 0.0645. The molecule has 0 spiro atoms. The first-order valence-corrected chi connectivity index (χ1v) is 9.87. The molecule has 0 saturated carbocycles. The highest BCUT2D eigenvalue weighted by atomic mass is 16.5. The molecule has 0 atom stereocenters. The van der Waals surface area contributed by atoms with Crippen molar-refractivity contribution in [2.45, 2.75) is 19.9 Å². The summed E-state index contributed by atoms with van der Waals surface area (Å²) in [6.45, 7) is 3.63. The van der Waals surface area contributed by atoms with Crippen molar-refractivity contribution in [3.05, 3.63) is 96.2 Å². The van der Waals surface area contributed by atoms with E-state index < -0.39 is 0 Å². The zero-order valence-corrected chi connectivity index (χ0v) is 16.5. The molecule has 0 aliphatic carbocycles. The van der Waals surface area contributed by atoms with Gasteiger partial charge in [-0.05, 0) is 67.3 Å². The summed E-state index contributed by atoms with van der Waals surface area (Å²) in [4.78, 5) is 12.4. The molecule has 4 aromatic rings. The molecule has 3 aromatic carbocycles. The molecule has 4 rings (SSSR count). The molecular weight excluding hydrogens is 360 g/mol. The second kappa shape index (κ2) is 8.65. The van der Waals surface area contributed by atoms with Crippen LogP contribution < -0.4 is 10.1 Å². The largest absolute Gasteiger partial charge is 0.457 e. The number of para-hydroxylation sites is 2. The van der Waals surface area contributed by atoms with Crippen LogP contribution in [0, 0.1) is 6.92 Å². The van der Waals surface area contributed by atoms with Gasteiger partial charge in [0, 0.05) is 29.9 Å². The van der Waals surface area contributed by atoms with Crippen LogP contribution in [0.2, 0.25) is 0 Å². The maximum atomic E-state index is 12.4. The number of hydrogen-bond acceptors (Lipinski definition) is 2. The monoisotopic (exact) mass is 384 g/mol. The van der Waals surface area contributed by atoms with Crippen LogP contribution >= 0.6 is 0 Å². The predicted molar refractivity (Wildman–Crippen MR) is 117 cm³/mol. The van der Waals surface area contributed by atoms with Crippen LogP contribution in [-0.2, 0) is 6.54 Å². The fourth-order valence-corrected chi connectivity index (χ4v) is 3.49. The Kier molecular flexibility index (Phi) is 5.61. The Balaban J connectivity index is 1.29. The number of amides is 1. The number of aromatic nitrogens is 1. The third-order valence-corrected chi connectivity index (χ3v) is 4.96. The van der Waals surface area contributed by atoms with Crippen molar-refractivity contribution in [2.24, 2.45) is 0 Å². The summed E-state index contributed by atoms with van der Waals surface area (Å²) in [5.74, 6) is 1.42. The SMILES string of the molecule is Cc1cc2ccccc2n1CCCNC(=O)c1ccc(Oc2ccccc2)cc1. The number of aryl methyl sites for hydroxylation is 2. The molecule has 0 aliphatic rings. The molecule has 0 unspecified atom stereocenters. The van der Waals surface area contributed by atoms with E-state index in [0.717, 1.165) is 18.7 Å². The zero-order chi connectivity index (χ0) is 20.1. The molecule has 0 fully saturated rings. The molecule has 1 amide bonds. The number of carbonyl (C=O) groups is 1. The van der Waals surface area contributed by atoms with Gasteiger partial charge in [0.1, 0.15) is 11.5 Å². The smallest absolute Gasteiger partial charge is 0.251 e. The van der Waals surface area contributed by atoms with Gasteiger partial charge in [0.2, 0.25) is 0 Å². The van der Waals surface area contributed by atoms with Crippen molar-refractivity contribution in [1.29, 1.82) is 0 Å². The Morgan fingerprint density at radius 3 is 2.38 bits per heavy atom. The number of benzene rings is 3. The summed E-state index contributed by atoms with van der Waals surface area (Å²) in [6, 6.07) is 27.4. The van der Waals surface area contributed by atoms with Crippen LogP contribution in [0.1, 0.15) is 22.5 Å². The van der Waals surface area contributed by atoms with Gasteiger partial charge < -0.3 is 14.6 Å². The standard InChI is InChI=1S/C25H24N2O2/c1-19-18-21-8-5-6-11-24(21)27(19)17-7-16-26-25(28)20-12-14-23(15-13-20)29-22-9-3-2-4-10-22/h2-6,8-15,18H,7,16-17H2,1H3,(H,26,28). The molecule has 0 saturated heterocycles. The van der Waals surface area contributed by atoms with E-state index in [1.807, 2.05) is 42.5 Å². The number of rotatable bonds is 7. The van der Waals surface area contributed by atoms with Gasteiger partial charge in [-0.3, -0.25) is 4.79 Å². The number of hydrogen-bond donors (Lipinski definition) is 1. The van der Waals surface area contributed by atoms with Gasteiger partial charge in [0.15, 0.2) is 0 Å². The van der Waals surface area contributed by atoms with E-state index >= 15 is 0 Å². The van der Waals surface area contributed by atoms with Gasteiger partial charge in [0.05, 0.1) is 0 Å². The molecule has 1 N–H and O–H groups in total. The summed E-state index contributed by atoms with van der Waals surface area (Å²) in [5, 5.41) is 4.26. The normalized spacial score (nSPS) is 10.8. The number of ether oxygens (including phenoxy) is 1. The first-order chi connectivity index (χ1) is 14.2. The van der Waals surface area contributed by atoms with Crippen LogP contribution in [0.15, 0.2) is 84.9 Å². The molecule has 1 aromatic heterocycles. The van der Waals surface area contributed by atoms with Crippen LogP contribution in [-0.4, -0.2) is 17.0 Å². The molecule has 0 aliphatic heterocycles. The van der Waals surface area contributed by atoms with Crippen molar-refractivity contribution < 1.29 is 9.53 Å². The van der Waals surface area contributed by atoms with E-state index in [4.69, 9.17) is 4.74 Å². The van der Waals surface area contributed by atoms with Gasteiger partial charge in [0.25, 0.3) is 5.91 Å². The van der Waals surface area contributed by atoms with Crippen LogP contribution in [0.25, 0.3) is 10.9 Å². The molecular formula is C25H24N2O2. The first-order valence-electron chi connectivity index (χ1n) is 9.87. The van der Waals surface area contributed by atoms with E-state index in [-0.39, 0.29) is 5.91 Å². The topological polar surface area (TPSA) is 43.3 Å². The summed E-state index contributed by atoms with van der Waals surface area (Å²) < 4.78 is 8.07. The fourth-order valence-electron chi connectivity index (χ4n) is 3.49. The quantitative estimate of drug-likeness (QED) is 0.424. The number of fused-ring (bicyclic) bond motifs is 1. The second-order valence-corrected chi connectivity index (χ2v) is 7.05. The first kappa shape index (κ1) is 18.8. The van der Waals surface area contributed by atoms with Gasteiger partial charge >= 0.3 is 0 Å². The lowest BCUT2D eigenvalue weighted by atomic mass is 10.2. The molecule has 146 valence electrons. The Morgan fingerprint density at radius 2 is 1.59 bits per heavy atom. The van der Waals surface area contributed by atoms with Gasteiger partial charge in [-0.15, -0.1) is 0 Å². The van der Waals surface area contributed by atoms with Crippen LogP contribution in [0.4, 0.5) is 0 Å². The minimum atomic E-state index is -0.0645. The highest BCUT2D eigenvalue weighted by molar-refractivity contribution is 5.94. The summed E-state index contributed by atoms with van der Waals surface area (Å²) in [7, 11) is 0. The van der Waals surface area contributed by atoms with E-state index in [0.29, 0.717) is 17.9 Å². The minimum Gasteiger partial charge on any atom is -0.457 e. The van der Waals surface area contributed by atoms with Gasteiger partial charge in [-0.25, -0.2) is 0 Å². The highest BCUT2D eigenvalue weighted by Crippen LogP contribution is 2.21. The molecule has 0 radical (unpaired) electrons. The summed E-state index contributed by atoms with van der Waals surface area (Å²) in [5.41, 5.74) is 3.12. The molecule has 0 bridgehead atoms. The van der Waals surface area contributed by atoms with E-state index in [1.165, 1.54) is 16.6 Å². The van der Waals surface area contributed by atoms with Crippen molar-refractivity contribution in [1.82, 2.24) is 9.88 Å². The zero-order valence-electron chi connectivity index (χ0n) is 16.5. The highest BCUT2D eigenvalue weighted by Gasteiger charge is 2.07. The van der Waals surface area contributed by atoms with Crippen LogP contribution in [0.3, 0.4) is 0 Å². The second-order valence-electron chi connectivity index (χ2n) is 7.05. The Labute approximate surface area is 170 Å². The Hall–Kier alpha value is -3.53. The lowest BCUT2D eigenvalue weighted by Gasteiger charge is -2.10. The Bertz CT molecular complexity index is 1100. The number of nitrogens with zero attached hydrogens (tertiary/aromatic N) is 1. The third kappa shape index (κ3) is 4.49. The van der Waals surface area contributed by atoms with Crippen LogP contribution in [0.5, 0.6) is 11.5 Å². The average Bonchev–Trinajstić information content (AvgIpc) is 3.07. The van der Waals surface area contributed by atoms with E-state index in [1.54, 1.807) is 12.1 Å². The average molecular weight is 384 g/mol. The summed E-state index contributed by atoms with van der Waals surface area (Å²) >= 11 is 0. The Morgan fingerprint density at radius 1 is 0.897 bits per heavy atom. The third-order valence-electron chi connectivity index (χ3n) is 4.96. The molecule has 1 heterocycles. The number of carbonyl (C=O) groups excluding carboxylic acids is 1. The van der Waals surface area contributed by atoms with Gasteiger partial charge in [-0.2, -0.15) is 0 Å². The molecule has 29 heavy (non-hydrogen) atoms. The predicted octanol–water partition coefficient (Wildman–Crippen LogP) is 5.56. The maximum absolute atomic E-state index is 12.4. The maximum Gasteiger partial charge on any atom is 0.251 e. The molecule has 4 nitrogen and oxygen atoms in total. The van der Waals surface area contributed by atoms with E-state index in [9.17, 15) is 4.79 Å². The van der Waals surface area contributed by atoms with E-state index in [2.05, 4.69) is 47.1 Å².